The molecule has 1 aliphatic heterocycles. The van der Waals surface area contributed by atoms with Gasteiger partial charge in [0.2, 0.25) is 0 Å². The van der Waals surface area contributed by atoms with Crippen molar-refractivity contribution in [2.75, 3.05) is 12.3 Å². The maximum Gasteiger partial charge on any atom is 0.264 e. The van der Waals surface area contributed by atoms with Gasteiger partial charge in [0.05, 0.1) is 11.1 Å². The second-order valence-corrected chi connectivity index (χ2v) is 9.91. The van der Waals surface area contributed by atoms with Crippen molar-refractivity contribution in [2.24, 2.45) is 5.92 Å². The van der Waals surface area contributed by atoms with Crippen LogP contribution in [0.25, 0.3) is 22.3 Å². The van der Waals surface area contributed by atoms with Gasteiger partial charge in [-0.2, -0.15) is 10.4 Å². The van der Waals surface area contributed by atoms with Gasteiger partial charge in [0.1, 0.15) is 29.0 Å². The summed E-state index contributed by atoms with van der Waals surface area (Å²) in [5.74, 6) is 1.11. The molecule has 9 nitrogen and oxygen atoms in total. The molecule has 1 atom stereocenters. The molecular formula is C29H26FN7O2. The maximum atomic E-state index is 13.9. The normalized spacial score (nSPS) is 17.4. The summed E-state index contributed by atoms with van der Waals surface area (Å²) in [5, 5.41) is 17.5. The van der Waals surface area contributed by atoms with Gasteiger partial charge in [0.15, 0.2) is 17.2 Å². The van der Waals surface area contributed by atoms with Crippen molar-refractivity contribution in [3.8, 4) is 28.8 Å². The lowest BCUT2D eigenvalue weighted by Crippen LogP contribution is -2.38. The first-order valence-electron chi connectivity index (χ1n) is 13.0. The average Bonchev–Trinajstić information content (AvgIpc) is 3.47. The number of rotatable bonds is 7. The molecule has 10 heteroatoms. The first kappa shape index (κ1) is 24.6. The number of halogens is 1. The predicted octanol–water partition coefficient (Wildman–Crippen LogP) is 4.93. The largest absolute Gasteiger partial charge is 0.454 e. The average molecular weight is 524 g/mol. The minimum absolute atomic E-state index is 0.106. The Hall–Kier alpha value is -4.78. The Kier molecular flexibility index (Phi) is 6.40. The molecule has 6 rings (SSSR count). The van der Waals surface area contributed by atoms with Gasteiger partial charge in [0.25, 0.3) is 5.91 Å². The number of aromatic nitrogens is 4. The highest BCUT2D eigenvalue weighted by molar-refractivity contribution is 5.98. The third kappa shape index (κ3) is 5.03. The third-order valence-electron chi connectivity index (χ3n) is 7.13. The van der Waals surface area contributed by atoms with Crippen LogP contribution in [0, 0.1) is 23.1 Å². The molecule has 1 saturated heterocycles. The fourth-order valence-electron chi connectivity index (χ4n) is 4.98. The van der Waals surface area contributed by atoms with E-state index in [0.717, 1.165) is 31.2 Å². The molecule has 0 radical (unpaired) electrons. The summed E-state index contributed by atoms with van der Waals surface area (Å²) in [6.07, 6.45) is 5.97. The van der Waals surface area contributed by atoms with Crippen molar-refractivity contribution in [3.05, 3.63) is 71.8 Å². The number of nitriles is 1. The molecular weight excluding hydrogens is 497 g/mol. The molecule has 1 amide bonds. The Balaban J connectivity index is 1.20. The highest BCUT2D eigenvalue weighted by Crippen LogP contribution is 2.34. The monoisotopic (exact) mass is 523 g/mol. The number of anilines is 1. The van der Waals surface area contributed by atoms with Crippen molar-refractivity contribution >= 4 is 22.8 Å². The van der Waals surface area contributed by atoms with Crippen molar-refractivity contribution in [3.63, 3.8) is 0 Å². The number of H-pyrrole nitrogens is 1. The van der Waals surface area contributed by atoms with Crippen LogP contribution in [-0.4, -0.2) is 43.6 Å². The van der Waals surface area contributed by atoms with E-state index in [4.69, 9.17) is 10.5 Å². The zero-order valence-corrected chi connectivity index (χ0v) is 21.1. The Bertz CT molecular complexity index is 1620. The molecule has 0 spiro atoms. The van der Waals surface area contributed by atoms with Gasteiger partial charge < -0.3 is 15.4 Å². The number of hydrogen-bond acceptors (Lipinski definition) is 7. The van der Waals surface area contributed by atoms with Crippen LogP contribution < -0.4 is 10.5 Å². The zero-order valence-electron chi connectivity index (χ0n) is 21.1. The fourth-order valence-corrected chi connectivity index (χ4v) is 4.98. The van der Waals surface area contributed by atoms with E-state index in [-0.39, 0.29) is 29.1 Å². The highest BCUT2D eigenvalue weighted by Gasteiger charge is 2.33. The van der Waals surface area contributed by atoms with Gasteiger partial charge in [-0.05, 0) is 68.0 Å². The number of para-hydroxylation sites is 1. The van der Waals surface area contributed by atoms with Crippen LogP contribution in [-0.2, 0) is 11.2 Å². The molecule has 4 aromatic rings. The van der Waals surface area contributed by atoms with E-state index >= 15 is 0 Å². The Morgan fingerprint density at radius 3 is 2.72 bits per heavy atom. The predicted molar refractivity (Wildman–Crippen MR) is 143 cm³/mol. The van der Waals surface area contributed by atoms with E-state index in [2.05, 4.69) is 26.2 Å². The number of nitrogen functional groups attached to an aromatic ring is 1. The number of carbonyl (C=O) groups excluding carboxylic acids is 1. The maximum absolute atomic E-state index is 13.9. The van der Waals surface area contributed by atoms with E-state index in [1.807, 2.05) is 18.2 Å². The van der Waals surface area contributed by atoms with Gasteiger partial charge in [-0.1, -0.05) is 18.2 Å². The van der Waals surface area contributed by atoms with Crippen molar-refractivity contribution in [2.45, 2.75) is 38.1 Å². The summed E-state index contributed by atoms with van der Waals surface area (Å²) < 4.78 is 19.6. The number of likely N-dealkylation sites (tertiary alicyclic amines) is 1. The molecule has 3 N–H and O–H groups in total. The number of hydrogen-bond donors (Lipinski definition) is 2. The van der Waals surface area contributed by atoms with Gasteiger partial charge >= 0.3 is 0 Å². The van der Waals surface area contributed by atoms with E-state index in [0.29, 0.717) is 47.2 Å². The first-order chi connectivity index (χ1) is 19.0. The molecule has 0 bridgehead atoms. The van der Waals surface area contributed by atoms with E-state index in [1.165, 1.54) is 6.07 Å². The topological polar surface area (TPSA) is 134 Å². The number of carbonyl (C=O) groups is 1. The highest BCUT2D eigenvalue weighted by atomic mass is 19.1. The van der Waals surface area contributed by atoms with Crippen molar-refractivity contribution in [1.29, 1.82) is 5.26 Å². The molecule has 0 unspecified atom stereocenters. The molecule has 39 heavy (non-hydrogen) atoms. The van der Waals surface area contributed by atoms with Crippen LogP contribution in [0.4, 0.5) is 10.2 Å². The lowest BCUT2D eigenvalue weighted by atomic mass is 10.1. The number of fused-ring (bicyclic) bond motifs is 1. The second kappa shape index (κ2) is 10.2. The summed E-state index contributed by atoms with van der Waals surface area (Å²) in [6, 6.07) is 15.3. The number of aromatic amines is 1. The number of benzene rings is 2. The molecule has 1 saturated carbocycles. The molecule has 3 heterocycles. The van der Waals surface area contributed by atoms with Gasteiger partial charge in [-0.25, -0.2) is 14.4 Å². The summed E-state index contributed by atoms with van der Waals surface area (Å²) in [7, 11) is 0. The molecule has 2 aromatic carbocycles. The second-order valence-electron chi connectivity index (χ2n) is 9.91. The number of allylic oxidation sites excluding steroid dienone is 1. The van der Waals surface area contributed by atoms with Gasteiger partial charge in [-0.15, -0.1) is 0 Å². The van der Waals surface area contributed by atoms with Crippen LogP contribution in [0.1, 0.15) is 31.5 Å². The zero-order chi connectivity index (χ0) is 26.9. The van der Waals surface area contributed by atoms with Crippen LogP contribution in [0.3, 0.4) is 0 Å². The number of nitrogens with one attached hydrogen (secondary N) is 1. The first-order valence-corrected chi connectivity index (χ1v) is 13.0. The number of nitrogens with two attached hydrogens (primary N) is 1. The quantitative estimate of drug-likeness (QED) is 0.259. The lowest BCUT2D eigenvalue weighted by molar-refractivity contribution is -0.127. The van der Waals surface area contributed by atoms with Crippen molar-refractivity contribution in [1.82, 2.24) is 25.1 Å². The number of ether oxygens (including phenoxy) is 1. The summed E-state index contributed by atoms with van der Waals surface area (Å²) >= 11 is 0. The third-order valence-corrected chi connectivity index (χ3v) is 7.13. The summed E-state index contributed by atoms with van der Waals surface area (Å²) in [5.41, 5.74) is 8.49. The van der Waals surface area contributed by atoms with Crippen LogP contribution in [0.15, 0.2) is 60.2 Å². The van der Waals surface area contributed by atoms with E-state index in [1.54, 1.807) is 35.2 Å². The Morgan fingerprint density at radius 2 is 1.97 bits per heavy atom. The van der Waals surface area contributed by atoms with E-state index < -0.39 is 5.82 Å². The molecule has 196 valence electrons. The molecule has 2 aromatic heterocycles. The van der Waals surface area contributed by atoms with Crippen molar-refractivity contribution < 1.29 is 13.9 Å². The summed E-state index contributed by atoms with van der Waals surface area (Å²) in [6.45, 7) is 0.605. The minimum atomic E-state index is -0.438. The van der Waals surface area contributed by atoms with Gasteiger partial charge in [0, 0.05) is 24.6 Å². The smallest absolute Gasteiger partial charge is 0.264 e. The fraction of sp³-hybridized carbons (Fsp3) is 0.276. The molecule has 1 aliphatic carbocycles. The Morgan fingerprint density at radius 1 is 1.18 bits per heavy atom. The Labute approximate surface area is 224 Å². The number of nitrogens with zero attached hydrogens (tertiary/aromatic N) is 5. The minimum Gasteiger partial charge on any atom is -0.454 e. The van der Waals surface area contributed by atoms with Crippen LogP contribution >= 0.6 is 0 Å². The summed E-state index contributed by atoms with van der Waals surface area (Å²) in [4.78, 5) is 24.0. The number of amides is 1. The standard InChI is InChI=1S/C29H26FN7O2/c30-22-5-1-2-6-23(22)39-21-11-9-18(10-12-21)26-25-27(32)33-24(34-28(25)36-35-26)15-20-4-3-13-37(20)29(38)19(16-31)14-17-7-8-17/h1-2,5-6,9-12,14,17,20H,3-4,7-8,13,15H2,(H3,32,33,34,35,36)/t20-/m0/s1. The molecule has 2 aliphatic rings. The van der Waals surface area contributed by atoms with Crippen LogP contribution in [0.5, 0.6) is 11.5 Å². The lowest BCUT2D eigenvalue weighted by Gasteiger charge is -2.24. The van der Waals surface area contributed by atoms with E-state index in [9.17, 15) is 14.4 Å². The SMILES string of the molecule is N#CC(=CC1CC1)C(=O)N1CCC[C@H]1Cc1nc(N)c2c(-c3ccc(Oc4ccccc4F)cc3)[nH]nc2n1. The molecule has 2 fully saturated rings. The van der Waals surface area contributed by atoms with Gasteiger partial charge in [-0.3, -0.25) is 9.89 Å². The van der Waals surface area contributed by atoms with Crippen LogP contribution in [0.2, 0.25) is 0 Å².